The molecule has 3 rings (SSSR count). The number of rotatable bonds is 5. The number of nitrogens with zero attached hydrogens (tertiary/aromatic N) is 3. The van der Waals surface area contributed by atoms with Crippen LogP contribution in [0.4, 0.5) is 0 Å². The van der Waals surface area contributed by atoms with Crippen LogP contribution < -0.4 is 5.32 Å². The number of hydrogen-bond donors (Lipinski definition) is 1. The lowest BCUT2D eigenvalue weighted by molar-refractivity contribution is -0.121. The second-order valence-corrected chi connectivity index (χ2v) is 6.04. The third-order valence-corrected chi connectivity index (χ3v) is 4.11. The van der Waals surface area contributed by atoms with E-state index >= 15 is 0 Å². The molecular weight excluding hydrogens is 288 g/mol. The quantitative estimate of drug-likeness (QED) is 0.915. The summed E-state index contributed by atoms with van der Waals surface area (Å²) in [5, 5.41) is 3.17. The fraction of sp³-hybridized carbons (Fsp3) is 0.389. The molecule has 2 aromatic rings. The highest BCUT2D eigenvalue weighted by Crippen LogP contribution is 2.13. The molecule has 0 saturated carbocycles. The van der Waals surface area contributed by atoms with Crippen LogP contribution in [0.25, 0.3) is 0 Å². The number of nitrogens with one attached hydrogen (secondary N) is 1. The molecule has 3 heterocycles. The number of carbonyl (C=O) groups is 1. The Kier molecular flexibility index (Phi) is 5.32. The molecule has 5 heteroatoms. The van der Waals surface area contributed by atoms with Crippen LogP contribution in [0.15, 0.2) is 49.1 Å². The minimum absolute atomic E-state index is 0.0874. The van der Waals surface area contributed by atoms with Gasteiger partial charge in [-0.05, 0) is 48.7 Å². The summed E-state index contributed by atoms with van der Waals surface area (Å²) in [6.07, 6.45) is 9.72. The van der Waals surface area contributed by atoms with Gasteiger partial charge in [-0.1, -0.05) is 6.07 Å². The van der Waals surface area contributed by atoms with Crippen molar-refractivity contribution in [2.75, 3.05) is 13.1 Å². The topological polar surface area (TPSA) is 58.1 Å². The van der Waals surface area contributed by atoms with Crippen molar-refractivity contribution < 1.29 is 4.79 Å². The van der Waals surface area contributed by atoms with E-state index in [4.69, 9.17) is 0 Å². The molecule has 2 aromatic heterocycles. The molecule has 1 unspecified atom stereocenters. The highest BCUT2D eigenvalue weighted by Gasteiger charge is 2.21. The summed E-state index contributed by atoms with van der Waals surface area (Å²) in [5.74, 6) is 0.0874. The van der Waals surface area contributed by atoms with Crippen molar-refractivity contribution >= 4 is 5.91 Å². The van der Waals surface area contributed by atoms with Crippen LogP contribution in [0.1, 0.15) is 24.0 Å². The number of aromatic nitrogens is 2. The van der Waals surface area contributed by atoms with Gasteiger partial charge in [-0.25, -0.2) is 0 Å². The van der Waals surface area contributed by atoms with Crippen LogP contribution in [0.5, 0.6) is 0 Å². The number of hydrogen-bond acceptors (Lipinski definition) is 4. The molecule has 1 aliphatic heterocycles. The second kappa shape index (κ2) is 7.83. The van der Waals surface area contributed by atoms with Crippen molar-refractivity contribution in [1.29, 1.82) is 0 Å². The molecular formula is C18H22N4O. The molecule has 23 heavy (non-hydrogen) atoms. The summed E-state index contributed by atoms with van der Waals surface area (Å²) < 4.78 is 0. The summed E-state index contributed by atoms with van der Waals surface area (Å²) in [6.45, 7) is 2.87. The Morgan fingerprint density at radius 2 is 2.04 bits per heavy atom. The molecule has 1 amide bonds. The number of amides is 1. The predicted molar refractivity (Wildman–Crippen MR) is 88.6 cm³/mol. The first-order chi connectivity index (χ1) is 11.3. The third kappa shape index (κ3) is 4.86. The normalized spacial score (nSPS) is 18.5. The van der Waals surface area contributed by atoms with Gasteiger partial charge in [0.2, 0.25) is 5.91 Å². The van der Waals surface area contributed by atoms with Gasteiger partial charge in [0.1, 0.15) is 0 Å². The van der Waals surface area contributed by atoms with Crippen molar-refractivity contribution in [2.24, 2.45) is 0 Å². The van der Waals surface area contributed by atoms with Gasteiger partial charge in [-0.3, -0.25) is 19.7 Å². The van der Waals surface area contributed by atoms with E-state index in [1.165, 1.54) is 5.56 Å². The predicted octanol–water partition coefficient (Wildman–Crippen LogP) is 1.80. The maximum atomic E-state index is 12.2. The lowest BCUT2D eigenvalue weighted by Gasteiger charge is -2.33. The van der Waals surface area contributed by atoms with Gasteiger partial charge in [0.05, 0.1) is 6.42 Å². The number of carbonyl (C=O) groups excluding carboxylic acids is 1. The number of pyridine rings is 2. The van der Waals surface area contributed by atoms with Crippen molar-refractivity contribution in [2.45, 2.75) is 31.8 Å². The maximum Gasteiger partial charge on any atom is 0.224 e. The molecule has 1 atom stereocenters. The monoisotopic (exact) mass is 310 g/mol. The zero-order chi connectivity index (χ0) is 15.9. The molecule has 1 fully saturated rings. The number of likely N-dealkylation sites (tertiary alicyclic amines) is 1. The molecule has 5 nitrogen and oxygen atoms in total. The first kappa shape index (κ1) is 15.6. The molecule has 1 saturated heterocycles. The lowest BCUT2D eigenvalue weighted by Crippen LogP contribution is -2.47. The first-order valence-corrected chi connectivity index (χ1v) is 8.09. The molecule has 0 radical (unpaired) electrons. The summed E-state index contributed by atoms with van der Waals surface area (Å²) in [5.41, 5.74) is 2.22. The summed E-state index contributed by atoms with van der Waals surface area (Å²) in [6, 6.07) is 8.06. The van der Waals surface area contributed by atoms with Crippen LogP contribution in [-0.2, 0) is 17.8 Å². The van der Waals surface area contributed by atoms with E-state index in [-0.39, 0.29) is 11.9 Å². The maximum absolute atomic E-state index is 12.2. The van der Waals surface area contributed by atoms with E-state index in [2.05, 4.69) is 26.3 Å². The number of piperidine rings is 1. The fourth-order valence-corrected chi connectivity index (χ4v) is 3.03. The SMILES string of the molecule is O=C(Cc1ccncc1)NC1CCCN(Cc2cccnc2)C1. The molecule has 0 bridgehead atoms. The van der Waals surface area contributed by atoms with E-state index in [0.717, 1.165) is 38.0 Å². The minimum atomic E-state index is 0.0874. The van der Waals surface area contributed by atoms with E-state index in [1.807, 2.05) is 24.4 Å². The molecule has 0 aliphatic carbocycles. The zero-order valence-corrected chi connectivity index (χ0v) is 13.2. The minimum Gasteiger partial charge on any atom is -0.352 e. The van der Waals surface area contributed by atoms with Gasteiger partial charge < -0.3 is 5.32 Å². The molecule has 0 aromatic carbocycles. The first-order valence-electron chi connectivity index (χ1n) is 8.09. The van der Waals surface area contributed by atoms with Crippen molar-refractivity contribution in [3.63, 3.8) is 0 Å². The Morgan fingerprint density at radius 3 is 2.83 bits per heavy atom. The Balaban J connectivity index is 1.49. The third-order valence-electron chi connectivity index (χ3n) is 4.11. The van der Waals surface area contributed by atoms with Gasteiger partial charge in [-0.15, -0.1) is 0 Å². The summed E-state index contributed by atoms with van der Waals surface area (Å²) in [4.78, 5) is 22.7. The molecule has 0 spiro atoms. The Morgan fingerprint density at radius 1 is 1.17 bits per heavy atom. The van der Waals surface area contributed by atoms with E-state index in [1.54, 1.807) is 18.6 Å². The van der Waals surface area contributed by atoms with Gasteiger partial charge in [0.15, 0.2) is 0 Å². The second-order valence-electron chi connectivity index (χ2n) is 6.04. The van der Waals surface area contributed by atoms with Crippen LogP contribution in [0, 0.1) is 0 Å². The Hall–Kier alpha value is -2.27. The largest absolute Gasteiger partial charge is 0.352 e. The van der Waals surface area contributed by atoms with Gasteiger partial charge in [-0.2, -0.15) is 0 Å². The smallest absolute Gasteiger partial charge is 0.224 e. The van der Waals surface area contributed by atoms with E-state index in [0.29, 0.717) is 6.42 Å². The molecule has 1 N–H and O–H groups in total. The lowest BCUT2D eigenvalue weighted by atomic mass is 10.0. The van der Waals surface area contributed by atoms with Gasteiger partial charge in [0.25, 0.3) is 0 Å². The average molecular weight is 310 g/mol. The van der Waals surface area contributed by atoms with Crippen LogP contribution in [0.3, 0.4) is 0 Å². The zero-order valence-electron chi connectivity index (χ0n) is 13.2. The average Bonchev–Trinajstić information content (AvgIpc) is 2.57. The fourth-order valence-electron chi connectivity index (χ4n) is 3.03. The van der Waals surface area contributed by atoms with Crippen LogP contribution in [-0.4, -0.2) is 39.9 Å². The van der Waals surface area contributed by atoms with Crippen molar-refractivity contribution in [3.8, 4) is 0 Å². The molecule has 1 aliphatic rings. The Labute approximate surface area is 136 Å². The highest BCUT2D eigenvalue weighted by atomic mass is 16.1. The van der Waals surface area contributed by atoms with Crippen molar-refractivity contribution in [1.82, 2.24) is 20.2 Å². The van der Waals surface area contributed by atoms with Crippen molar-refractivity contribution in [3.05, 3.63) is 60.2 Å². The van der Waals surface area contributed by atoms with Gasteiger partial charge in [0, 0.05) is 43.9 Å². The Bertz CT molecular complexity index is 617. The highest BCUT2D eigenvalue weighted by molar-refractivity contribution is 5.78. The van der Waals surface area contributed by atoms with Crippen LogP contribution in [0.2, 0.25) is 0 Å². The van der Waals surface area contributed by atoms with E-state index in [9.17, 15) is 4.79 Å². The van der Waals surface area contributed by atoms with Gasteiger partial charge >= 0.3 is 0 Å². The van der Waals surface area contributed by atoms with E-state index < -0.39 is 0 Å². The molecule has 120 valence electrons. The standard InChI is InChI=1S/C18H22N4O/c23-18(11-15-5-8-19-9-6-15)21-17-4-2-10-22(14-17)13-16-3-1-7-20-12-16/h1,3,5-9,12,17H,2,4,10-11,13-14H2,(H,21,23). The summed E-state index contributed by atoms with van der Waals surface area (Å²) in [7, 11) is 0. The van der Waals surface area contributed by atoms with Crippen LogP contribution >= 0.6 is 0 Å². The summed E-state index contributed by atoms with van der Waals surface area (Å²) >= 11 is 0.